The van der Waals surface area contributed by atoms with E-state index in [0.717, 1.165) is 31.2 Å². The van der Waals surface area contributed by atoms with Gasteiger partial charge in [-0.3, -0.25) is 29.6 Å². The zero-order valence-electron chi connectivity index (χ0n) is 16.7. The number of aryl methyl sites for hydroxylation is 1. The minimum absolute atomic E-state index is 0.0412. The summed E-state index contributed by atoms with van der Waals surface area (Å²) in [5.41, 5.74) is 0.730. The first-order valence-electron chi connectivity index (χ1n) is 9.99. The number of carbonyl (C=O) groups is 2. The Hall–Kier alpha value is -2.42. The Morgan fingerprint density at radius 1 is 1.34 bits per heavy atom. The first kappa shape index (κ1) is 21.3. The van der Waals surface area contributed by atoms with Crippen LogP contribution in [0.3, 0.4) is 0 Å². The summed E-state index contributed by atoms with van der Waals surface area (Å²) < 4.78 is 0. The Labute approximate surface area is 174 Å². The third-order valence-electron chi connectivity index (χ3n) is 5.19. The van der Waals surface area contributed by atoms with Crippen LogP contribution in [0.5, 0.6) is 0 Å². The van der Waals surface area contributed by atoms with E-state index in [1.807, 2.05) is 6.92 Å². The predicted octanol–water partition coefficient (Wildman–Crippen LogP) is 3.88. The minimum Gasteiger partial charge on any atom is -0.320 e. The van der Waals surface area contributed by atoms with Crippen molar-refractivity contribution in [3.8, 4) is 0 Å². The number of anilines is 1. The van der Waals surface area contributed by atoms with Gasteiger partial charge in [-0.15, -0.1) is 0 Å². The van der Waals surface area contributed by atoms with Crippen molar-refractivity contribution in [2.24, 2.45) is 4.99 Å². The van der Waals surface area contributed by atoms with Gasteiger partial charge in [0.15, 0.2) is 5.17 Å². The number of benzene rings is 1. The van der Waals surface area contributed by atoms with Crippen LogP contribution in [0.2, 0.25) is 0 Å². The number of nitrogens with zero attached hydrogens (tertiary/aromatic N) is 3. The Morgan fingerprint density at radius 2 is 2.07 bits per heavy atom. The highest BCUT2D eigenvalue weighted by atomic mass is 32.2. The van der Waals surface area contributed by atoms with Crippen molar-refractivity contribution in [2.45, 2.75) is 63.7 Å². The van der Waals surface area contributed by atoms with Crippen LogP contribution in [0.25, 0.3) is 0 Å². The Bertz CT molecular complexity index is 836. The summed E-state index contributed by atoms with van der Waals surface area (Å²) >= 11 is 1.33. The molecule has 1 aliphatic heterocycles. The molecule has 1 heterocycles. The van der Waals surface area contributed by atoms with Crippen LogP contribution in [0.15, 0.2) is 23.2 Å². The topological polar surface area (TPSA) is 105 Å². The molecule has 0 aromatic heterocycles. The fraction of sp³-hybridized carbons (Fsp3) is 0.550. The fourth-order valence-electron chi connectivity index (χ4n) is 3.80. The van der Waals surface area contributed by atoms with E-state index in [2.05, 4.69) is 10.3 Å². The number of amidine groups is 1. The number of hydrogen-bond donors (Lipinski definition) is 1. The van der Waals surface area contributed by atoms with Crippen molar-refractivity contribution in [3.05, 3.63) is 33.9 Å². The van der Waals surface area contributed by atoms with Crippen molar-refractivity contribution in [1.29, 1.82) is 0 Å². The van der Waals surface area contributed by atoms with Crippen LogP contribution < -0.4 is 5.32 Å². The Balaban J connectivity index is 1.71. The van der Waals surface area contributed by atoms with Gasteiger partial charge in [0.2, 0.25) is 11.8 Å². The lowest BCUT2D eigenvalue weighted by Gasteiger charge is -2.30. The van der Waals surface area contributed by atoms with Gasteiger partial charge in [-0.05, 0) is 38.3 Å². The van der Waals surface area contributed by atoms with Gasteiger partial charge in [0.05, 0.1) is 4.92 Å². The SMILES string of the molecule is CCN=C1S[C@H](CC(=O)Nc2ccc(C)cc2[N+](=O)[O-])C(=O)N1C1CCCCC1. The van der Waals surface area contributed by atoms with Crippen LogP contribution >= 0.6 is 11.8 Å². The number of nitrogens with one attached hydrogen (secondary N) is 1. The third-order valence-corrected chi connectivity index (χ3v) is 6.38. The standard InChI is InChI=1S/C20H26N4O4S/c1-3-21-20-23(14-7-5-4-6-8-14)19(26)17(29-20)12-18(25)22-15-10-9-13(2)11-16(15)24(27)28/h9-11,14,17H,3-8,12H2,1-2H3,(H,22,25)/t17-/m1/s1. The molecule has 1 atom stereocenters. The van der Waals surface area contributed by atoms with E-state index >= 15 is 0 Å². The molecule has 8 nitrogen and oxygen atoms in total. The molecule has 1 saturated heterocycles. The molecule has 3 rings (SSSR count). The first-order valence-corrected chi connectivity index (χ1v) is 10.9. The highest BCUT2D eigenvalue weighted by Gasteiger charge is 2.42. The van der Waals surface area contributed by atoms with Crippen LogP contribution in [-0.2, 0) is 9.59 Å². The summed E-state index contributed by atoms with van der Waals surface area (Å²) in [5, 5.41) is 14.0. The lowest BCUT2D eigenvalue weighted by molar-refractivity contribution is -0.384. The summed E-state index contributed by atoms with van der Waals surface area (Å²) in [6.45, 7) is 4.25. The number of rotatable bonds is 6. The van der Waals surface area contributed by atoms with Crippen LogP contribution in [0.4, 0.5) is 11.4 Å². The van der Waals surface area contributed by atoms with Crippen LogP contribution in [-0.4, -0.2) is 44.6 Å². The molecule has 0 bridgehead atoms. The van der Waals surface area contributed by atoms with Gasteiger partial charge in [0.25, 0.3) is 5.69 Å². The van der Waals surface area contributed by atoms with Gasteiger partial charge in [0.1, 0.15) is 10.9 Å². The van der Waals surface area contributed by atoms with Crippen molar-refractivity contribution in [1.82, 2.24) is 4.90 Å². The third kappa shape index (κ3) is 4.95. The molecule has 29 heavy (non-hydrogen) atoms. The molecule has 1 aliphatic carbocycles. The maximum absolute atomic E-state index is 13.0. The van der Waals surface area contributed by atoms with Crippen molar-refractivity contribution in [2.75, 3.05) is 11.9 Å². The maximum atomic E-state index is 13.0. The smallest absolute Gasteiger partial charge is 0.293 e. The van der Waals surface area contributed by atoms with Crippen molar-refractivity contribution in [3.63, 3.8) is 0 Å². The van der Waals surface area contributed by atoms with Crippen LogP contribution in [0, 0.1) is 17.0 Å². The molecule has 0 unspecified atom stereocenters. The highest BCUT2D eigenvalue weighted by molar-refractivity contribution is 8.15. The normalized spacial score (nSPS) is 21.6. The van der Waals surface area contributed by atoms with E-state index in [9.17, 15) is 19.7 Å². The van der Waals surface area contributed by atoms with Crippen molar-refractivity contribution >= 4 is 40.1 Å². The van der Waals surface area contributed by atoms with E-state index < -0.39 is 16.1 Å². The molecule has 2 fully saturated rings. The molecule has 2 amide bonds. The Morgan fingerprint density at radius 3 is 2.72 bits per heavy atom. The van der Waals surface area contributed by atoms with E-state index in [-0.39, 0.29) is 29.7 Å². The summed E-state index contributed by atoms with van der Waals surface area (Å²) in [6, 6.07) is 4.80. The number of nitro benzene ring substituents is 1. The second-order valence-electron chi connectivity index (χ2n) is 7.39. The minimum atomic E-state index is -0.549. The predicted molar refractivity (Wildman–Crippen MR) is 114 cm³/mol. The number of aliphatic imine (C=N–C) groups is 1. The number of thioether (sulfide) groups is 1. The van der Waals surface area contributed by atoms with E-state index in [1.165, 1.54) is 30.3 Å². The average Bonchev–Trinajstić information content (AvgIpc) is 2.99. The maximum Gasteiger partial charge on any atom is 0.293 e. The van der Waals surface area contributed by atoms with E-state index in [4.69, 9.17) is 0 Å². The number of hydrogen-bond acceptors (Lipinski definition) is 6. The van der Waals surface area contributed by atoms with Gasteiger partial charge in [-0.1, -0.05) is 37.1 Å². The van der Waals surface area contributed by atoms with E-state index in [1.54, 1.807) is 17.9 Å². The highest BCUT2D eigenvalue weighted by Crippen LogP contribution is 2.35. The molecule has 1 aromatic carbocycles. The number of nitro groups is 1. The molecule has 2 aliphatic rings. The quantitative estimate of drug-likeness (QED) is 0.557. The molecular formula is C20H26N4O4S. The molecular weight excluding hydrogens is 392 g/mol. The second kappa shape index (κ2) is 9.39. The Kier molecular flexibility index (Phi) is 6.89. The number of carbonyl (C=O) groups excluding carboxylic acids is 2. The van der Waals surface area contributed by atoms with Crippen molar-refractivity contribution < 1.29 is 14.5 Å². The monoisotopic (exact) mass is 418 g/mol. The van der Waals surface area contributed by atoms with Crippen LogP contribution in [0.1, 0.15) is 51.0 Å². The largest absolute Gasteiger partial charge is 0.320 e. The first-order chi connectivity index (χ1) is 13.9. The van der Waals surface area contributed by atoms with Gasteiger partial charge < -0.3 is 5.32 Å². The summed E-state index contributed by atoms with van der Waals surface area (Å²) in [6.07, 6.45) is 5.27. The van der Waals surface area contributed by atoms with Gasteiger partial charge in [-0.25, -0.2) is 0 Å². The summed E-state index contributed by atoms with van der Waals surface area (Å²) in [4.78, 5) is 42.6. The molecule has 1 N–H and O–H groups in total. The lowest BCUT2D eigenvalue weighted by Crippen LogP contribution is -2.42. The molecule has 1 aromatic rings. The zero-order valence-corrected chi connectivity index (χ0v) is 17.5. The van der Waals surface area contributed by atoms with Gasteiger partial charge >= 0.3 is 0 Å². The summed E-state index contributed by atoms with van der Waals surface area (Å²) in [7, 11) is 0. The molecule has 9 heteroatoms. The van der Waals surface area contributed by atoms with E-state index in [0.29, 0.717) is 11.7 Å². The molecule has 1 saturated carbocycles. The molecule has 156 valence electrons. The lowest BCUT2D eigenvalue weighted by atomic mass is 9.94. The molecule has 0 radical (unpaired) electrons. The summed E-state index contributed by atoms with van der Waals surface area (Å²) in [5.74, 6) is -0.494. The van der Waals surface area contributed by atoms with Gasteiger partial charge in [0, 0.05) is 25.1 Å². The zero-order chi connectivity index (χ0) is 21.0. The average molecular weight is 419 g/mol. The fourth-order valence-corrected chi connectivity index (χ4v) is 5.06. The molecule has 0 spiro atoms. The van der Waals surface area contributed by atoms with Gasteiger partial charge in [-0.2, -0.15) is 0 Å². The number of amides is 2. The second-order valence-corrected chi connectivity index (χ2v) is 8.56.